The molecule has 4 rings (SSSR count). The molecule has 1 amide bonds. The summed E-state index contributed by atoms with van der Waals surface area (Å²) in [5, 5.41) is 0.668. The number of hydrogen-bond acceptors (Lipinski definition) is 4. The molecule has 1 heterocycles. The van der Waals surface area contributed by atoms with Crippen molar-refractivity contribution < 1.29 is 14.3 Å². The number of carbonyl (C=O) groups is 1. The minimum Gasteiger partial charge on any atom is -0.457 e. The summed E-state index contributed by atoms with van der Waals surface area (Å²) in [5.74, 6) is 1.48. The summed E-state index contributed by atoms with van der Waals surface area (Å²) in [4.78, 5) is 17.5. The molecule has 6 heteroatoms. The quantitative estimate of drug-likeness (QED) is 0.478. The Labute approximate surface area is 194 Å². The standard InChI is InChI=1S/C26H27ClN2O3/c27-23-9-11-24(12-10-23)32-25-8-4-5-21(19-25)20-29(14-13-28-15-17-31-18-16-28)26(30)22-6-2-1-3-7-22/h1-12,19H,13-18,20H2. The highest BCUT2D eigenvalue weighted by molar-refractivity contribution is 6.30. The van der Waals surface area contributed by atoms with Crippen LogP contribution in [0.4, 0.5) is 0 Å². The van der Waals surface area contributed by atoms with Crippen LogP contribution in [0.25, 0.3) is 0 Å². The predicted octanol–water partition coefficient (Wildman–Crippen LogP) is 5.11. The number of halogens is 1. The molecule has 0 spiro atoms. The minimum absolute atomic E-state index is 0.0304. The van der Waals surface area contributed by atoms with Gasteiger partial charge in [-0.25, -0.2) is 0 Å². The Hall–Kier alpha value is -2.86. The fourth-order valence-corrected chi connectivity index (χ4v) is 3.80. The van der Waals surface area contributed by atoms with E-state index in [-0.39, 0.29) is 5.91 Å². The van der Waals surface area contributed by atoms with E-state index in [0.717, 1.165) is 49.9 Å². The Bertz CT molecular complexity index is 1010. The van der Waals surface area contributed by atoms with Crippen LogP contribution in [-0.2, 0) is 11.3 Å². The van der Waals surface area contributed by atoms with E-state index in [2.05, 4.69) is 4.90 Å². The van der Waals surface area contributed by atoms with Crippen molar-refractivity contribution in [3.05, 3.63) is 95.0 Å². The zero-order valence-electron chi connectivity index (χ0n) is 18.0. The van der Waals surface area contributed by atoms with E-state index >= 15 is 0 Å². The number of ether oxygens (including phenoxy) is 2. The van der Waals surface area contributed by atoms with E-state index < -0.39 is 0 Å². The van der Waals surface area contributed by atoms with E-state index in [1.54, 1.807) is 12.1 Å². The van der Waals surface area contributed by atoms with Crippen LogP contribution in [-0.4, -0.2) is 55.1 Å². The van der Waals surface area contributed by atoms with E-state index in [9.17, 15) is 4.79 Å². The van der Waals surface area contributed by atoms with Gasteiger partial charge in [-0.1, -0.05) is 41.9 Å². The number of hydrogen-bond donors (Lipinski definition) is 0. The van der Waals surface area contributed by atoms with E-state index in [4.69, 9.17) is 21.1 Å². The molecule has 0 saturated carbocycles. The number of nitrogens with zero attached hydrogens (tertiary/aromatic N) is 2. The maximum absolute atomic E-state index is 13.3. The molecule has 1 aliphatic rings. The lowest BCUT2D eigenvalue weighted by atomic mass is 10.1. The SMILES string of the molecule is O=C(c1ccccc1)N(CCN1CCOCC1)Cc1cccc(Oc2ccc(Cl)cc2)c1. The van der Waals surface area contributed by atoms with Crippen LogP contribution in [0, 0.1) is 0 Å². The highest BCUT2D eigenvalue weighted by Gasteiger charge is 2.18. The first-order chi connectivity index (χ1) is 15.7. The molecular formula is C26H27ClN2O3. The molecule has 1 aliphatic heterocycles. The molecule has 0 unspecified atom stereocenters. The van der Waals surface area contributed by atoms with Crippen LogP contribution in [0.5, 0.6) is 11.5 Å². The summed E-state index contributed by atoms with van der Waals surface area (Å²) in [5.41, 5.74) is 1.71. The third kappa shape index (κ3) is 6.33. The van der Waals surface area contributed by atoms with Gasteiger partial charge in [-0.05, 0) is 54.1 Å². The van der Waals surface area contributed by atoms with Gasteiger partial charge < -0.3 is 14.4 Å². The van der Waals surface area contributed by atoms with Gasteiger partial charge in [0.2, 0.25) is 0 Å². The van der Waals surface area contributed by atoms with Crippen molar-refractivity contribution >= 4 is 17.5 Å². The number of rotatable bonds is 8. The first-order valence-corrected chi connectivity index (χ1v) is 11.2. The summed E-state index contributed by atoms with van der Waals surface area (Å²) >= 11 is 5.96. The molecule has 1 fully saturated rings. The lowest BCUT2D eigenvalue weighted by Crippen LogP contribution is -2.42. The maximum Gasteiger partial charge on any atom is 0.254 e. The van der Waals surface area contributed by atoms with E-state index in [1.165, 1.54) is 0 Å². The van der Waals surface area contributed by atoms with Gasteiger partial charge in [0.25, 0.3) is 5.91 Å². The van der Waals surface area contributed by atoms with Gasteiger partial charge in [-0.3, -0.25) is 9.69 Å². The lowest BCUT2D eigenvalue weighted by Gasteiger charge is -2.30. The molecule has 1 saturated heterocycles. The summed E-state index contributed by atoms with van der Waals surface area (Å²) in [6, 6.07) is 24.6. The second kappa shape index (κ2) is 11.1. The van der Waals surface area contributed by atoms with E-state index in [1.807, 2.05) is 71.6 Å². The van der Waals surface area contributed by atoms with Gasteiger partial charge in [-0.15, -0.1) is 0 Å². The molecule has 0 aliphatic carbocycles. The Morgan fingerprint density at radius 2 is 1.69 bits per heavy atom. The first-order valence-electron chi connectivity index (χ1n) is 10.8. The Morgan fingerprint density at radius 1 is 0.938 bits per heavy atom. The largest absolute Gasteiger partial charge is 0.457 e. The molecule has 166 valence electrons. The smallest absolute Gasteiger partial charge is 0.254 e. The lowest BCUT2D eigenvalue weighted by molar-refractivity contribution is 0.0320. The average Bonchev–Trinajstić information content (AvgIpc) is 2.84. The Kier molecular flexibility index (Phi) is 7.77. The van der Waals surface area contributed by atoms with Gasteiger partial charge in [0.05, 0.1) is 13.2 Å². The molecule has 0 bridgehead atoms. The third-order valence-electron chi connectivity index (χ3n) is 5.42. The molecule has 0 N–H and O–H groups in total. The Balaban J connectivity index is 1.47. The average molecular weight is 451 g/mol. The fraction of sp³-hybridized carbons (Fsp3) is 0.269. The van der Waals surface area contributed by atoms with Crippen molar-refractivity contribution in [3.8, 4) is 11.5 Å². The molecule has 5 nitrogen and oxygen atoms in total. The molecule has 0 aromatic heterocycles. The summed E-state index contributed by atoms with van der Waals surface area (Å²) in [7, 11) is 0. The van der Waals surface area contributed by atoms with Crippen molar-refractivity contribution in [1.29, 1.82) is 0 Å². The van der Waals surface area contributed by atoms with Gasteiger partial charge in [-0.2, -0.15) is 0 Å². The van der Waals surface area contributed by atoms with Crippen molar-refractivity contribution in [2.75, 3.05) is 39.4 Å². The molecular weight excluding hydrogens is 424 g/mol. The van der Waals surface area contributed by atoms with Crippen LogP contribution in [0.15, 0.2) is 78.9 Å². The Morgan fingerprint density at radius 3 is 2.44 bits per heavy atom. The maximum atomic E-state index is 13.3. The van der Waals surface area contributed by atoms with Crippen molar-refractivity contribution in [1.82, 2.24) is 9.80 Å². The normalized spacial score (nSPS) is 14.2. The second-order valence-corrected chi connectivity index (χ2v) is 8.19. The van der Waals surface area contributed by atoms with Crippen molar-refractivity contribution in [2.45, 2.75) is 6.54 Å². The first kappa shape index (κ1) is 22.3. The van der Waals surface area contributed by atoms with Gasteiger partial charge in [0, 0.05) is 43.3 Å². The molecule has 3 aromatic rings. The highest BCUT2D eigenvalue weighted by atomic mass is 35.5. The fourth-order valence-electron chi connectivity index (χ4n) is 3.67. The third-order valence-corrected chi connectivity index (χ3v) is 5.67. The number of benzene rings is 3. The van der Waals surface area contributed by atoms with Crippen molar-refractivity contribution in [3.63, 3.8) is 0 Å². The number of morpholine rings is 1. The van der Waals surface area contributed by atoms with Crippen LogP contribution >= 0.6 is 11.6 Å². The van der Waals surface area contributed by atoms with Gasteiger partial charge in [0.1, 0.15) is 11.5 Å². The summed E-state index contributed by atoms with van der Waals surface area (Å²) in [6.45, 7) is 5.28. The van der Waals surface area contributed by atoms with Crippen LogP contribution in [0.3, 0.4) is 0 Å². The monoisotopic (exact) mass is 450 g/mol. The predicted molar refractivity (Wildman–Crippen MR) is 126 cm³/mol. The minimum atomic E-state index is 0.0304. The molecule has 3 aromatic carbocycles. The van der Waals surface area contributed by atoms with Crippen LogP contribution < -0.4 is 4.74 Å². The zero-order chi connectivity index (χ0) is 22.2. The summed E-state index contributed by atoms with van der Waals surface area (Å²) < 4.78 is 11.4. The molecule has 0 radical (unpaired) electrons. The van der Waals surface area contributed by atoms with Gasteiger partial charge >= 0.3 is 0 Å². The van der Waals surface area contributed by atoms with Crippen LogP contribution in [0.1, 0.15) is 15.9 Å². The van der Waals surface area contributed by atoms with Crippen molar-refractivity contribution in [2.24, 2.45) is 0 Å². The van der Waals surface area contributed by atoms with Crippen LogP contribution in [0.2, 0.25) is 5.02 Å². The topological polar surface area (TPSA) is 42.0 Å². The zero-order valence-corrected chi connectivity index (χ0v) is 18.7. The molecule has 0 atom stereocenters. The highest BCUT2D eigenvalue weighted by Crippen LogP contribution is 2.24. The second-order valence-electron chi connectivity index (χ2n) is 7.75. The van der Waals surface area contributed by atoms with E-state index in [0.29, 0.717) is 23.7 Å². The van der Waals surface area contributed by atoms with Gasteiger partial charge in [0.15, 0.2) is 0 Å². The number of carbonyl (C=O) groups excluding carboxylic acids is 1. The number of amides is 1. The summed E-state index contributed by atoms with van der Waals surface area (Å²) in [6.07, 6.45) is 0. The molecule has 32 heavy (non-hydrogen) atoms.